The van der Waals surface area contributed by atoms with Crippen molar-refractivity contribution < 1.29 is 4.39 Å². The first-order chi connectivity index (χ1) is 7.18. The van der Waals surface area contributed by atoms with E-state index in [0.717, 1.165) is 5.56 Å². The normalized spacial score (nSPS) is 18.2. The zero-order valence-electron chi connectivity index (χ0n) is 8.96. The molecule has 1 fully saturated rings. The second-order valence-electron chi connectivity index (χ2n) is 4.24. The van der Waals surface area contributed by atoms with E-state index in [-0.39, 0.29) is 24.3 Å². The van der Waals surface area contributed by atoms with Crippen molar-refractivity contribution in [1.29, 1.82) is 0 Å². The fraction of sp³-hybridized carbons (Fsp3) is 0.500. The summed E-state index contributed by atoms with van der Waals surface area (Å²) in [6, 6.07) is 5.14. The summed E-state index contributed by atoms with van der Waals surface area (Å²) in [6.07, 6.45) is 4.97. The number of hydrogen-bond donors (Lipinski definition) is 1. The van der Waals surface area contributed by atoms with Gasteiger partial charge < -0.3 is 5.73 Å². The standard InChI is InChI=1S/C12H15BrFN.ClH/c13-10-7-9(5-6-11(10)14)12(15)8-3-1-2-4-8;/h5-8,12H,1-4,15H2;1H/t12-;/m1./s1. The van der Waals surface area contributed by atoms with Gasteiger partial charge >= 0.3 is 0 Å². The molecule has 0 heterocycles. The summed E-state index contributed by atoms with van der Waals surface area (Å²) in [5.74, 6) is 0.347. The molecular weight excluding hydrogens is 292 g/mol. The first kappa shape index (κ1) is 13.9. The van der Waals surface area contributed by atoms with Crippen LogP contribution < -0.4 is 5.73 Å². The van der Waals surface area contributed by atoms with Crippen molar-refractivity contribution in [2.45, 2.75) is 31.7 Å². The van der Waals surface area contributed by atoms with Crippen LogP contribution in [0.4, 0.5) is 4.39 Å². The van der Waals surface area contributed by atoms with Gasteiger partial charge in [-0.2, -0.15) is 0 Å². The van der Waals surface area contributed by atoms with Crippen molar-refractivity contribution in [1.82, 2.24) is 0 Å². The summed E-state index contributed by atoms with van der Waals surface area (Å²) in [4.78, 5) is 0. The van der Waals surface area contributed by atoms with Crippen molar-refractivity contribution in [3.05, 3.63) is 34.1 Å². The van der Waals surface area contributed by atoms with Crippen LogP contribution in [0.1, 0.15) is 37.3 Å². The summed E-state index contributed by atoms with van der Waals surface area (Å²) >= 11 is 3.19. The summed E-state index contributed by atoms with van der Waals surface area (Å²) in [6.45, 7) is 0. The van der Waals surface area contributed by atoms with Gasteiger partial charge in [-0.3, -0.25) is 0 Å². The highest BCUT2D eigenvalue weighted by Gasteiger charge is 2.23. The Morgan fingerprint density at radius 1 is 1.31 bits per heavy atom. The Bertz CT molecular complexity index is 353. The van der Waals surface area contributed by atoms with Gasteiger partial charge in [0, 0.05) is 6.04 Å². The topological polar surface area (TPSA) is 26.0 Å². The van der Waals surface area contributed by atoms with Crippen LogP contribution in [-0.2, 0) is 0 Å². The zero-order chi connectivity index (χ0) is 10.8. The Morgan fingerprint density at radius 3 is 2.50 bits per heavy atom. The molecule has 2 N–H and O–H groups in total. The molecule has 1 aliphatic carbocycles. The first-order valence-electron chi connectivity index (χ1n) is 5.39. The molecule has 0 aliphatic heterocycles. The number of halogens is 3. The average Bonchev–Trinajstić information content (AvgIpc) is 2.74. The molecule has 2 rings (SSSR count). The van der Waals surface area contributed by atoms with E-state index >= 15 is 0 Å². The van der Waals surface area contributed by atoms with E-state index in [4.69, 9.17) is 5.73 Å². The number of rotatable bonds is 2. The van der Waals surface area contributed by atoms with Gasteiger partial charge in [-0.15, -0.1) is 12.4 Å². The average molecular weight is 309 g/mol. The smallest absolute Gasteiger partial charge is 0.137 e. The van der Waals surface area contributed by atoms with E-state index in [0.29, 0.717) is 10.4 Å². The molecule has 1 atom stereocenters. The Hall–Kier alpha value is -0.120. The van der Waals surface area contributed by atoms with Gasteiger partial charge in [0.05, 0.1) is 4.47 Å². The SMILES string of the molecule is Cl.N[C@@H](c1ccc(F)c(Br)c1)C1CCCC1. The molecule has 0 unspecified atom stereocenters. The fourth-order valence-electron chi connectivity index (χ4n) is 2.31. The van der Waals surface area contributed by atoms with Crippen LogP contribution in [0.3, 0.4) is 0 Å². The molecule has 0 aromatic heterocycles. The van der Waals surface area contributed by atoms with Crippen molar-refractivity contribution in [3.63, 3.8) is 0 Å². The molecule has 0 bridgehead atoms. The van der Waals surface area contributed by atoms with Gasteiger partial charge in [-0.1, -0.05) is 18.9 Å². The summed E-state index contributed by atoms with van der Waals surface area (Å²) in [5.41, 5.74) is 7.21. The quantitative estimate of drug-likeness (QED) is 0.870. The van der Waals surface area contributed by atoms with Gasteiger partial charge in [0.15, 0.2) is 0 Å². The highest BCUT2D eigenvalue weighted by Crippen LogP contribution is 2.35. The highest BCUT2D eigenvalue weighted by atomic mass is 79.9. The lowest BCUT2D eigenvalue weighted by molar-refractivity contribution is 0.444. The van der Waals surface area contributed by atoms with E-state index in [1.165, 1.54) is 31.7 Å². The lowest BCUT2D eigenvalue weighted by atomic mass is 9.92. The molecule has 0 radical (unpaired) electrons. The zero-order valence-corrected chi connectivity index (χ0v) is 11.4. The van der Waals surface area contributed by atoms with Gasteiger partial charge in [0.2, 0.25) is 0 Å². The van der Waals surface area contributed by atoms with E-state index in [9.17, 15) is 4.39 Å². The van der Waals surface area contributed by atoms with Crippen LogP contribution in [0.2, 0.25) is 0 Å². The predicted molar refractivity (Wildman–Crippen MR) is 70.2 cm³/mol. The van der Waals surface area contributed by atoms with Crippen LogP contribution in [0.25, 0.3) is 0 Å². The molecule has 1 aromatic rings. The second-order valence-corrected chi connectivity index (χ2v) is 5.10. The monoisotopic (exact) mass is 307 g/mol. The Kier molecular flexibility index (Phi) is 5.22. The minimum atomic E-state index is -0.225. The van der Waals surface area contributed by atoms with Crippen molar-refractivity contribution in [3.8, 4) is 0 Å². The third-order valence-electron chi connectivity index (χ3n) is 3.24. The summed E-state index contributed by atoms with van der Waals surface area (Å²) in [7, 11) is 0. The highest BCUT2D eigenvalue weighted by molar-refractivity contribution is 9.10. The van der Waals surface area contributed by atoms with E-state index in [1.54, 1.807) is 12.1 Å². The minimum Gasteiger partial charge on any atom is -0.324 e. The molecule has 4 heteroatoms. The number of hydrogen-bond acceptors (Lipinski definition) is 1. The van der Waals surface area contributed by atoms with Crippen LogP contribution in [0.5, 0.6) is 0 Å². The van der Waals surface area contributed by atoms with Crippen LogP contribution in [0.15, 0.2) is 22.7 Å². The maximum Gasteiger partial charge on any atom is 0.137 e. The third-order valence-corrected chi connectivity index (χ3v) is 3.84. The maximum atomic E-state index is 13.1. The maximum absolute atomic E-state index is 13.1. The van der Waals surface area contributed by atoms with Crippen LogP contribution in [0, 0.1) is 11.7 Å². The largest absolute Gasteiger partial charge is 0.324 e. The molecule has 90 valence electrons. The Morgan fingerprint density at radius 2 is 1.94 bits per heavy atom. The lowest BCUT2D eigenvalue weighted by Crippen LogP contribution is -2.19. The van der Waals surface area contributed by atoms with E-state index < -0.39 is 0 Å². The molecular formula is C12H16BrClFN. The molecule has 1 nitrogen and oxygen atoms in total. The van der Waals surface area contributed by atoms with Crippen molar-refractivity contribution in [2.75, 3.05) is 0 Å². The molecule has 0 saturated heterocycles. The first-order valence-corrected chi connectivity index (χ1v) is 6.18. The Balaban J connectivity index is 0.00000128. The van der Waals surface area contributed by atoms with Gasteiger partial charge in [-0.25, -0.2) is 4.39 Å². The van der Waals surface area contributed by atoms with Crippen molar-refractivity contribution in [2.24, 2.45) is 11.7 Å². The fourth-order valence-corrected chi connectivity index (χ4v) is 2.70. The molecule has 1 aromatic carbocycles. The molecule has 0 spiro atoms. The van der Waals surface area contributed by atoms with E-state index in [2.05, 4.69) is 15.9 Å². The summed E-state index contributed by atoms with van der Waals surface area (Å²) < 4.78 is 13.6. The minimum absolute atomic E-state index is 0. The van der Waals surface area contributed by atoms with Crippen LogP contribution in [-0.4, -0.2) is 0 Å². The van der Waals surface area contributed by atoms with Gasteiger partial charge in [-0.05, 0) is 52.4 Å². The second kappa shape index (κ2) is 5.99. The molecule has 0 amide bonds. The predicted octanol–water partition coefficient (Wildman–Crippen LogP) is 4.20. The lowest BCUT2D eigenvalue weighted by Gasteiger charge is -2.19. The number of nitrogens with two attached hydrogens (primary N) is 1. The van der Waals surface area contributed by atoms with E-state index in [1.807, 2.05) is 0 Å². The third kappa shape index (κ3) is 2.96. The summed E-state index contributed by atoms with van der Waals surface area (Å²) in [5, 5.41) is 0. The van der Waals surface area contributed by atoms with Crippen molar-refractivity contribution >= 4 is 28.3 Å². The van der Waals surface area contributed by atoms with Crippen LogP contribution >= 0.6 is 28.3 Å². The molecule has 16 heavy (non-hydrogen) atoms. The Labute approximate surface area is 110 Å². The van der Waals surface area contributed by atoms with Gasteiger partial charge in [0.1, 0.15) is 5.82 Å². The number of benzene rings is 1. The molecule has 1 aliphatic rings. The molecule has 1 saturated carbocycles. The van der Waals surface area contributed by atoms with Gasteiger partial charge in [0.25, 0.3) is 0 Å².